The lowest BCUT2D eigenvalue weighted by Crippen LogP contribution is -2.36. The van der Waals surface area contributed by atoms with Crippen LogP contribution in [-0.4, -0.2) is 24.8 Å². The number of hydrogen-bond acceptors (Lipinski definition) is 3. The van der Waals surface area contributed by atoms with Gasteiger partial charge in [-0.2, -0.15) is 0 Å². The average molecular weight is 299 g/mol. The van der Waals surface area contributed by atoms with Gasteiger partial charge in [-0.15, -0.1) is 0 Å². The standard InChI is InChI=1S/C15H13N3O4/c1-16-12-8-18(7-11(12)13(19)17(2)15(16)22)10-5-3-9(4-6-10)14(20)21/h3-8H,1-2H3,(H,20,21). The predicted octanol–water partition coefficient (Wildman–Crippen LogP) is 0.726. The van der Waals surface area contributed by atoms with Crippen LogP contribution >= 0.6 is 0 Å². The molecule has 2 heterocycles. The highest BCUT2D eigenvalue weighted by Gasteiger charge is 2.11. The van der Waals surface area contributed by atoms with Crippen LogP contribution in [0.25, 0.3) is 16.6 Å². The number of hydrogen-bond donors (Lipinski definition) is 1. The SMILES string of the molecule is Cn1c(=O)c2cn(-c3ccc(C(=O)O)cc3)cc2n(C)c1=O. The van der Waals surface area contributed by atoms with Crippen molar-refractivity contribution in [3.8, 4) is 5.69 Å². The van der Waals surface area contributed by atoms with Crippen molar-refractivity contribution in [2.24, 2.45) is 14.1 Å². The fourth-order valence-electron chi connectivity index (χ4n) is 2.40. The number of aromatic nitrogens is 3. The van der Waals surface area contributed by atoms with Crippen molar-refractivity contribution in [2.45, 2.75) is 0 Å². The zero-order valence-corrected chi connectivity index (χ0v) is 12.0. The number of benzene rings is 1. The first-order valence-electron chi connectivity index (χ1n) is 6.51. The van der Waals surface area contributed by atoms with E-state index in [1.165, 1.54) is 23.7 Å². The Hall–Kier alpha value is -3.09. The third-order valence-electron chi connectivity index (χ3n) is 3.69. The molecule has 0 saturated heterocycles. The molecule has 0 amide bonds. The largest absolute Gasteiger partial charge is 0.478 e. The first-order chi connectivity index (χ1) is 10.4. The summed E-state index contributed by atoms with van der Waals surface area (Å²) in [5.74, 6) is -1.000. The second kappa shape index (κ2) is 4.73. The maximum atomic E-state index is 12.1. The Kier molecular flexibility index (Phi) is 2.98. The molecule has 3 aromatic rings. The first-order valence-corrected chi connectivity index (χ1v) is 6.51. The molecule has 0 aliphatic carbocycles. The third kappa shape index (κ3) is 1.95. The molecule has 7 nitrogen and oxygen atoms in total. The van der Waals surface area contributed by atoms with Crippen molar-refractivity contribution in [3.05, 3.63) is 63.1 Å². The average Bonchev–Trinajstić information content (AvgIpc) is 2.96. The summed E-state index contributed by atoms with van der Waals surface area (Å²) in [6.45, 7) is 0. The van der Waals surface area contributed by atoms with E-state index in [0.29, 0.717) is 16.6 Å². The maximum Gasteiger partial charge on any atom is 0.335 e. The van der Waals surface area contributed by atoms with E-state index in [1.807, 2.05) is 0 Å². The number of rotatable bonds is 2. The normalized spacial score (nSPS) is 11.0. The van der Waals surface area contributed by atoms with Gasteiger partial charge in [0, 0.05) is 32.2 Å². The number of aryl methyl sites for hydroxylation is 1. The molecule has 0 radical (unpaired) electrons. The minimum Gasteiger partial charge on any atom is -0.478 e. The minimum absolute atomic E-state index is 0.184. The van der Waals surface area contributed by atoms with Crippen molar-refractivity contribution >= 4 is 16.9 Å². The van der Waals surface area contributed by atoms with E-state index in [-0.39, 0.29) is 11.1 Å². The molecular weight excluding hydrogens is 286 g/mol. The number of carbonyl (C=O) groups is 1. The highest BCUT2D eigenvalue weighted by atomic mass is 16.4. The van der Waals surface area contributed by atoms with Crippen molar-refractivity contribution in [3.63, 3.8) is 0 Å². The summed E-state index contributed by atoms with van der Waals surface area (Å²) in [4.78, 5) is 34.9. The Labute approximate surface area is 124 Å². The molecule has 22 heavy (non-hydrogen) atoms. The lowest BCUT2D eigenvalue weighted by molar-refractivity contribution is 0.0697. The van der Waals surface area contributed by atoms with Crippen LogP contribution in [0.1, 0.15) is 10.4 Å². The highest BCUT2D eigenvalue weighted by molar-refractivity contribution is 5.87. The molecule has 2 aromatic heterocycles. The molecule has 0 fully saturated rings. The summed E-state index contributed by atoms with van der Waals surface area (Å²) < 4.78 is 4.15. The van der Waals surface area contributed by atoms with E-state index in [2.05, 4.69) is 0 Å². The number of carboxylic acid groups (broad SMARTS) is 1. The zero-order valence-electron chi connectivity index (χ0n) is 12.0. The van der Waals surface area contributed by atoms with Gasteiger partial charge in [-0.25, -0.2) is 9.59 Å². The van der Waals surface area contributed by atoms with Crippen LogP contribution in [0, 0.1) is 0 Å². The topological polar surface area (TPSA) is 86.2 Å². The molecule has 0 aliphatic heterocycles. The molecule has 0 aliphatic rings. The van der Waals surface area contributed by atoms with Gasteiger partial charge >= 0.3 is 11.7 Å². The van der Waals surface area contributed by atoms with Crippen molar-refractivity contribution < 1.29 is 9.90 Å². The molecular formula is C15H13N3O4. The third-order valence-corrected chi connectivity index (χ3v) is 3.69. The van der Waals surface area contributed by atoms with E-state index in [1.54, 1.807) is 36.1 Å². The molecule has 7 heteroatoms. The summed E-state index contributed by atoms with van der Waals surface area (Å²) in [5, 5.41) is 9.33. The Morgan fingerprint density at radius 1 is 1.00 bits per heavy atom. The molecule has 112 valence electrons. The molecule has 0 spiro atoms. The van der Waals surface area contributed by atoms with Crippen LogP contribution in [0.15, 0.2) is 46.2 Å². The second-order valence-corrected chi connectivity index (χ2v) is 5.02. The van der Waals surface area contributed by atoms with Crippen molar-refractivity contribution in [1.82, 2.24) is 13.7 Å². The summed E-state index contributed by atoms with van der Waals surface area (Å²) in [5.41, 5.74) is 0.658. The first kappa shape index (κ1) is 13.9. The van der Waals surface area contributed by atoms with E-state index < -0.39 is 11.7 Å². The van der Waals surface area contributed by atoms with Gasteiger partial charge in [0.25, 0.3) is 5.56 Å². The van der Waals surface area contributed by atoms with Gasteiger partial charge in [-0.3, -0.25) is 13.9 Å². The summed E-state index contributed by atoms with van der Waals surface area (Å²) in [6.07, 6.45) is 3.31. The van der Waals surface area contributed by atoms with Crippen LogP contribution in [0.5, 0.6) is 0 Å². The number of carboxylic acids is 1. The van der Waals surface area contributed by atoms with Crippen LogP contribution in [0.4, 0.5) is 0 Å². The number of aromatic carboxylic acids is 1. The van der Waals surface area contributed by atoms with Crippen LogP contribution < -0.4 is 11.2 Å². The summed E-state index contributed by atoms with van der Waals surface area (Å²) >= 11 is 0. The Bertz CT molecular complexity index is 1010. The zero-order chi connectivity index (χ0) is 16.0. The highest BCUT2D eigenvalue weighted by Crippen LogP contribution is 2.15. The van der Waals surface area contributed by atoms with Crippen molar-refractivity contribution in [2.75, 3.05) is 0 Å². The summed E-state index contributed by atoms with van der Waals surface area (Å²) in [7, 11) is 3.03. The van der Waals surface area contributed by atoms with E-state index in [4.69, 9.17) is 5.11 Å². The van der Waals surface area contributed by atoms with E-state index >= 15 is 0 Å². The quantitative estimate of drug-likeness (QED) is 0.755. The number of nitrogens with zero attached hydrogens (tertiary/aromatic N) is 3. The second-order valence-electron chi connectivity index (χ2n) is 5.02. The molecule has 0 saturated carbocycles. The van der Waals surface area contributed by atoms with Crippen LogP contribution in [0.2, 0.25) is 0 Å². The summed E-state index contributed by atoms with van der Waals surface area (Å²) in [6, 6.07) is 6.26. The van der Waals surface area contributed by atoms with Crippen LogP contribution in [0.3, 0.4) is 0 Å². The fourth-order valence-corrected chi connectivity index (χ4v) is 2.40. The van der Waals surface area contributed by atoms with Gasteiger partial charge < -0.3 is 9.67 Å². The smallest absolute Gasteiger partial charge is 0.335 e. The monoisotopic (exact) mass is 299 g/mol. The predicted molar refractivity (Wildman–Crippen MR) is 80.7 cm³/mol. The molecule has 3 rings (SSSR count). The van der Waals surface area contributed by atoms with Gasteiger partial charge in [0.1, 0.15) is 0 Å². The Morgan fingerprint density at radius 3 is 2.23 bits per heavy atom. The Morgan fingerprint density at radius 2 is 1.64 bits per heavy atom. The molecule has 0 bridgehead atoms. The molecule has 0 unspecified atom stereocenters. The molecule has 1 aromatic carbocycles. The lowest BCUT2D eigenvalue weighted by atomic mass is 10.2. The fraction of sp³-hybridized carbons (Fsp3) is 0.133. The maximum absolute atomic E-state index is 12.1. The van der Waals surface area contributed by atoms with Gasteiger partial charge in [0.2, 0.25) is 0 Å². The Balaban J connectivity index is 2.23. The van der Waals surface area contributed by atoms with Crippen molar-refractivity contribution in [1.29, 1.82) is 0 Å². The lowest BCUT2D eigenvalue weighted by Gasteiger charge is -2.03. The van der Waals surface area contributed by atoms with Crippen LogP contribution in [-0.2, 0) is 14.1 Å². The van der Waals surface area contributed by atoms with Gasteiger partial charge in [-0.1, -0.05) is 0 Å². The number of fused-ring (bicyclic) bond motifs is 1. The van der Waals surface area contributed by atoms with E-state index in [9.17, 15) is 14.4 Å². The molecule has 1 N–H and O–H groups in total. The van der Waals surface area contributed by atoms with E-state index in [0.717, 1.165) is 4.57 Å². The minimum atomic E-state index is -1.000. The molecule has 0 atom stereocenters. The van der Waals surface area contributed by atoms with Gasteiger partial charge in [0.15, 0.2) is 0 Å². The van der Waals surface area contributed by atoms with Gasteiger partial charge in [-0.05, 0) is 24.3 Å². The van der Waals surface area contributed by atoms with Gasteiger partial charge in [0.05, 0.1) is 16.5 Å².